The lowest BCUT2D eigenvalue weighted by Gasteiger charge is -2.40. The normalized spacial score (nSPS) is 30.8. The van der Waals surface area contributed by atoms with Gasteiger partial charge in [-0.25, -0.2) is 0 Å². The third kappa shape index (κ3) is 3.65. The van der Waals surface area contributed by atoms with E-state index in [1.165, 1.54) is 30.6 Å². The Morgan fingerprint density at radius 1 is 1.25 bits per heavy atom. The molecule has 1 saturated heterocycles. The Labute approximate surface area is 203 Å². The molecule has 9 heteroatoms. The number of nitrogens with zero attached hydrogens (tertiary/aromatic N) is 1. The number of fused-ring (bicyclic) bond motifs is 6. The summed E-state index contributed by atoms with van der Waals surface area (Å²) in [5.41, 5.74) is 1.09. The lowest BCUT2D eigenvalue weighted by Crippen LogP contribution is -2.43. The van der Waals surface area contributed by atoms with E-state index in [0.29, 0.717) is 43.4 Å². The summed E-state index contributed by atoms with van der Waals surface area (Å²) >= 11 is 6.87. The van der Waals surface area contributed by atoms with Gasteiger partial charge in [0.2, 0.25) is 0 Å². The number of aromatic amines is 1. The molecule has 1 aromatic carbocycles. The second kappa shape index (κ2) is 8.49. The van der Waals surface area contributed by atoms with Gasteiger partial charge in [0.15, 0.2) is 6.61 Å². The Balaban J connectivity index is 1.35. The number of amides is 1. The highest BCUT2D eigenvalue weighted by molar-refractivity contribution is 9.10. The van der Waals surface area contributed by atoms with Crippen molar-refractivity contribution in [1.82, 2.24) is 9.88 Å². The molecule has 2 aliphatic carbocycles. The van der Waals surface area contributed by atoms with Crippen molar-refractivity contribution >= 4 is 44.9 Å². The molecule has 3 heterocycles. The van der Waals surface area contributed by atoms with Crippen LogP contribution in [0.5, 0.6) is 5.75 Å². The number of thiazole rings is 1. The van der Waals surface area contributed by atoms with E-state index in [-0.39, 0.29) is 23.3 Å². The van der Waals surface area contributed by atoms with Crippen LogP contribution in [0, 0.1) is 17.8 Å². The lowest BCUT2D eigenvalue weighted by atomic mass is 9.74. The first kappa shape index (κ1) is 21.3. The van der Waals surface area contributed by atoms with Gasteiger partial charge in [-0.05, 0) is 55.2 Å². The van der Waals surface area contributed by atoms with Crippen molar-refractivity contribution in [2.75, 3.05) is 32.9 Å². The van der Waals surface area contributed by atoms with E-state index in [4.69, 9.17) is 9.47 Å². The predicted molar refractivity (Wildman–Crippen MR) is 128 cm³/mol. The summed E-state index contributed by atoms with van der Waals surface area (Å²) in [5, 5.41) is 1.58. The van der Waals surface area contributed by atoms with Crippen LogP contribution in [0.3, 0.4) is 0 Å². The standard InChI is InChI=1S/C23H25BrN2O4S2/c24-14-3-4-16(30-11-17(27)26-5-7-29-8-6-26)15(10-14)19-18-12-1-2-13(9-12)20(18)31-22-21(19)32-23(28)25-22/h3-4,10,12-13,18-20H,1-2,5-9,11H2,(H,25,28)/t12?,13?,18?,19-,20?/m1/s1. The van der Waals surface area contributed by atoms with Gasteiger partial charge in [-0.2, -0.15) is 0 Å². The quantitative estimate of drug-likeness (QED) is 0.637. The van der Waals surface area contributed by atoms with E-state index in [9.17, 15) is 9.59 Å². The zero-order valence-corrected chi connectivity index (χ0v) is 20.8. The number of benzene rings is 1. The van der Waals surface area contributed by atoms with E-state index in [1.807, 2.05) is 23.9 Å². The molecule has 32 heavy (non-hydrogen) atoms. The second-order valence-corrected chi connectivity index (χ2v) is 12.3. The van der Waals surface area contributed by atoms with Gasteiger partial charge >= 0.3 is 4.87 Å². The van der Waals surface area contributed by atoms with Crippen molar-refractivity contribution in [3.05, 3.63) is 42.8 Å². The zero-order valence-electron chi connectivity index (χ0n) is 17.6. The summed E-state index contributed by atoms with van der Waals surface area (Å²) in [5.74, 6) is 2.79. The maximum absolute atomic E-state index is 12.7. The van der Waals surface area contributed by atoms with Crippen molar-refractivity contribution in [3.8, 4) is 5.75 Å². The molecular formula is C23H25BrN2O4S2. The number of rotatable bonds is 4. The van der Waals surface area contributed by atoms with Gasteiger partial charge in [0.05, 0.1) is 18.2 Å². The fraction of sp³-hybridized carbons (Fsp3) is 0.565. The maximum atomic E-state index is 12.7. The predicted octanol–water partition coefficient (Wildman–Crippen LogP) is 4.09. The molecule has 4 aliphatic rings. The highest BCUT2D eigenvalue weighted by Gasteiger charge is 2.55. The van der Waals surface area contributed by atoms with Crippen LogP contribution in [0.2, 0.25) is 0 Å². The van der Waals surface area contributed by atoms with Crippen LogP contribution in [0.1, 0.15) is 35.6 Å². The van der Waals surface area contributed by atoms with Crippen molar-refractivity contribution in [2.45, 2.75) is 35.5 Å². The number of carbonyl (C=O) groups is 1. The zero-order chi connectivity index (χ0) is 21.8. The van der Waals surface area contributed by atoms with Crippen LogP contribution in [-0.2, 0) is 9.53 Å². The third-order valence-corrected chi connectivity index (χ3v) is 10.6. The second-order valence-electron chi connectivity index (χ2n) is 9.14. The minimum absolute atomic E-state index is 0.00819. The number of ether oxygens (including phenoxy) is 2. The number of nitrogens with one attached hydrogen (secondary N) is 1. The maximum Gasteiger partial charge on any atom is 0.305 e. The largest absolute Gasteiger partial charge is 0.483 e. The third-order valence-electron chi connectivity index (χ3n) is 7.49. The molecular weight excluding hydrogens is 512 g/mol. The van der Waals surface area contributed by atoms with E-state index < -0.39 is 0 Å². The molecule has 6 rings (SSSR count). The fourth-order valence-electron chi connectivity index (χ4n) is 6.13. The number of aromatic nitrogens is 1. The highest BCUT2D eigenvalue weighted by Crippen LogP contribution is 2.64. The number of H-pyrrole nitrogens is 1. The van der Waals surface area contributed by atoms with Crippen LogP contribution in [0.25, 0.3) is 0 Å². The summed E-state index contributed by atoms with van der Waals surface area (Å²) in [6, 6.07) is 6.06. The number of halogens is 1. The van der Waals surface area contributed by atoms with Gasteiger partial charge in [0.25, 0.3) is 5.91 Å². The highest BCUT2D eigenvalue weighted by atomic mass is 79.9. The Morgan fingerprint density at radius 3 is 2.91 bits per heavy atom. The molecule has 1 amide bonds. The summed E-state index contributed by atoms with van der Waals surface area (Å²) in [6.07, 6.45) is 3.86. The van der Waals surface area contributed by atoms with Crippen LogP contribution in [-0.4, -0.2) is 54.0 Å². The summed E-state index contributed by atoms with van der Waals surface area (Å²) in [7, 11) is 0. The SMILES string of the molecule is O=C(COc1ccc(Br)cc1[C@H]1c2sc(=O)[nH]c2SC2C3CCC(C3)C21)N1CCOCC1. The monoisotopic (exact) mass is 536 g/mol. The first-order chi connectivity index (χ1) is 15.6. The minimum atomic E-state index is -0.00819. The van der Waals surface area contributed by atoms with Crippen molar-refractivity contribution in [2.24, 2.45) is 17.8 Å². The smallest absolute Gasteiger partial charge is 0.305 e. The molecule has 6 nitrogen and oxygen atoms in total. The van der Waals surface area contributed by atoms with Gasteiger partial charge in [0.1, 0.15) is 5.75 Å². The van der Waals surface area contributed by atoms with Crippen LogP contribution in [0.15, 0.2) is 32.5 Å². The summed E-state index contributed by atoms with van der Waals surface area (Å²) in [4.78, 5) is 31.1. The molecule has 4 unspecified atom stereocenters. The van der Waals surface area contributed by atoms with E-state index in [1.54, 1.807) is 4.90 Å². The summed E-state index contributed by atoms with van der Waals surface area (Å²) < 4.78 is 12.5. The van der Waals surface area contributed by atoms with Gasteiger partial charge in [-0.1, -0.05) is 27.3 Å². The molecule has 2 bridgehead atoms. The van der Waals surface area contributed by atoms with E-state index >= 15 is 0 Å². The molecule has 170 valence electrons. The van der Waals surface area contributed by atoms with Gasteiger partial charge in [-0.15, -0.1) is 11.8 Å². The molecule has 0 radical (unpaired) electrons. The molecule has 2 saturated carbocycles. The van der Waals surface area contributed by atoms with Crippen molar-refractivity contribution in [1.29, 1.82) is 0 Å². The van der Waals surface area contributed by atoms with E-state index in [2.05, 4.69) is 27.0 Å². The molecule has 1 N–H and O–H groups in total. The lowest BCUT2D eigenvalue weighted by molar-refractivity contribution is -0.137. The van der Waals surface area contributed by atoms with Crippen molar-refractivity contribution < 1.29 is 14.3 Å². The van der Waals surface area contributed by atoms with Crippen LogP contribution >= 0.6 is 39.0 Å². The Hall–Kier alpha value is -1.29. The van der Waals surface area contributed by atoms with Crippen LogP contribution in [0.4, 0.5) is 0 Å². The molecule has 2 aromatic rings. The first-order valence-corrected chi connectivity index (χ1v) is 13.7. The number of hydrogen-bond donors (Lipinski definition) is 1. The fourth-order valence-corrected chi connectivity index (χ4v) is 9.40. The van der Waals surface area contributed by atoms with Gasteiger partial charge < -0.3 is 19.4 Å². The molecule has 2 aliphatic heterocycles. The number of carbonyl (C=O) groups excluding carboxylic acids is 1. The average molecular weight is 538 g/mol. The van der Waals surface area contributed by atoms with Crippen molar-refractivity contribution in [3.63, 3.8) is 0 Å². The van der Waals surface area contributed by atoms with Gasteiger partial charge in [0, 0.05) is 39.2 Å². The Bertz CT molecular complexity index is 1100. The minimum Gasteiger partial charge on any atom is -0.483 e. The average Bonchev–Trinajstić information content (AvgIpc) is 3.51. The van der Waals surface area contributed by atoms with E-state index in [0.717, 1.165) is 31.6 Å². The Morgan fingerprint density at radius 2 is 2.06 bits per heavy atom. The topological polar surface area (TPSA) is 71.6 Å². The summed E-state index contributed by atoms with van der Waals surface area (Å²) in [6.45, 7) is 2.41. The molecule has 5 atom stereocenters. The molecule has 1 aromatic heterocycles. The number of hydrogen-bond acceptors (Lipinski definition) is 6. The number of thioether (sulfide) groups is 1. The molecule has 0 spiro atoms. The first-order valence-electron chi connectivity index (χ1n) is 11.3. The van der Waals surface area contributed by atoms with Crippen LogP contribution < -0.4 is 9.61 Å². The van der Waals surface area contributed by atoms with Gasteiger partial charge in [-0.3, -0.25) is 9.59 Å². The molecule has 3 fully saturated rings. The Kier molecular flexibility index (Phi) is 5.64. The number of morpholine rings is 1.